The Morgan fingerprint density at radius 3 is 2.58 bits per heavy atom. The third-order valence-electron chi connectivity index (χ3n) is 6.58. The van der Waals surface area contributed by atoms with Gasteiger partial charge in [0.15, 0.2) is 0 Å². The van der Waals surface area contributed by atoms with E-state index in [0.29, 0.717) is 11.7 Å². The van der Waals surface area contributed by atoms with Crippen molar-refractivity contribution in [3.63, 3.8) is 0 Å². The fraction of sp³-hybridized carbons (Fsp3) is 0.750. The first-order valence-electron chi connectivity index (χ1n) is 9.96. The van der Waals surface area contributed by atoms with Crippen LogP contribution in [0.25, 0.3) is 0 Å². The van der Waals surface area contributed by atoms with Crippen molar-refractivity contribution in [3.8, 4) is 0 Å². The second-order valence-corrected chi connectivity index (χ2v) is 8.34. The normalized spacial score (nSPS) is 25.8. The number of carbonyl (C=O) groups is 1. The van der Waals surface area contributed by atoms with Crippen LogP contribution in [0.1, 0.15) is 54.7 Å². The molecule has 2 saturated heterocycles. The molecule has 0 radical (unpaired) electrons. The molecule has 3 aliphatic rings. The molecule has 2 aliphatic heterocycles. The number of aromatic nitrogens is 2. The lowest BCUT2D eigenvalue weighted by atomic mass is 9.85. The molecular formula is C20H30N4O2. The molecule has 1 aliphatic carbocycles. The highest BCUT2D eigenvalue weighted by molar-refractivity contribution is 5.92. The van der Waals surface area contributed by atoms with E-state index in [-0.39, 0.29) is 11.4 Å². The van der Waals surface area contributed by atoms with Gasteiger partial charge in [-0.15, -0.1) is 0 Å². The van der Waals surface area contributed by atoms with Crippen LogP contribution in [0.3, 0.4) is 0 Å². The Balaban J connectivity index is 1.30. The van der Waals surface area contributed by atoms with Crippen molar-refractivity contribution >= 4 is 5.91 Å². The van der Waals surface area contributed by atoms with Crippen LogP contribution in [0.2, 0.25) is 0 Å². The van der Waals surface area contributed by atoms with E-state index in [0.717, 1.165) is 50.8 Å². The van der Waals surface area contributed by atoms with Crippen molar-refractivity contribution in [1.29, 1.82) is 0 Å². The van der Waals surface area contributed by atoms with E-state index < -0.39 is 0 Å². The summed E-state index contributed by atoms with van der Waals surface area (Å²) in [6, 6.07) is 0.527. The number of hydrogen-bond donors (Lipinski definition) is 0. The number of amides is 1. The molecule has 6 nitrogen and oxygen atoms in total. The lowest BCUT2D eigenvalue weighted by Gasteiger charge is -2.45. The van der Waals surface area contributed by atoms with Crippen molar-refractivity contribution in [2.75, 3.05) is 33.4 Å². The SMILES string of the molecule is Cc1cnc(C(=O)N2CCC3(CCC(COCC4CC4)N3C)CC2)cn1. The van der Waals surface area contributed by atoms with Gasteiger partial charge in [0.25, 0.3) is 5.91 Å². The van der Waals surface area contributed by atoms with Crippen LogP contribution in [0, 0.1) is 12.8 Å². The molecule has 1 aromatic heterocycles. The highest BCUT2D eigenvalue weighted by Gasteiger charge is 2.46. The number of likely N-dealkylation sites (tertiary alicyclic amines) is 2. The first kappa shape index (κ1) is 17.9. The second kappa shape index (κ2) is 7.24. The van der Waals surface area contributed by atoms with Crippen molar-refractivity contribution < 1.29 is 9.53 Å². The zero-order valence-electron chi connectivity index (χ0n) is 16.0. The summed E-state index contributed by atoms with van der Waals surface area (Å²) in [6.07, 6.45) is 10.4. The molecule has 0 N–H and O–H groups in total. The van der Waals surface area contributed by atoms with E-state index >= 15 is 0 Å². The number of rotatable bonds is 5. The minimum Gasteiger partial charge on any atom is -0.380 e. The number of hydrogen-bond acceptors (Lipinski definition) is 5. The number of nitrogens with zero attached hydrogens (tertiary/aromatic N) is 4. The number of carbonyl (C=O) groups excluding carboxylic acids is 1. The summed E-state index contributed by atoms with van der Waals surface area (Å²) in [5.41, 5.74) is 1.53. The van der Waals surface area contributed by atoms with Crippen molar-refractivity contribution in [2.45, 2.75) is 57.0 Å². The summed E-state index contributed by atoms with van der Waals surface area (Å²) in [6.45, 7) is 5.28. The monoisotopic (exact) mass is 358 g/mol. The Morgan fingerprint density at radius 2 is 1.92 bits per heavy atom. The standard InChI is InChI=1S/C20H30N4O2/c1-15-11-22-18(12-21-15)19(25)24-9-7-20(8-10-24)6-5-17(23(20)2)14-26-13-16-3-4-16/h11-12,16-17H,3-10,13-14H2,1-2H3. The topological polar surface area (TPSA) is 58.6 Å². The Bertz CT molecular complexity index is 636. The quantitative estimate of drug-likeness (QED) is 0.808. The molecule has 3 heterocycles. The van der Waals surface area contributed by atoms with Gasteiger partial charge in [0.05, 0.1) is 18.5 Å². The van der Waals surface area contributed by atoms with Gasteiger partial charge in [-0.25, -0.2) is 4.98 Å². The minimum absolute atomic E-state index is 0.0114. The maximum Gasteiger partial charge on any atom is 0.274 e. The summed E-state index contributed by atoms with van der Waals surface area (Å²) in [7, 11) is 2.25. The van der Waals surface area contributed by atoms with Gasteiger partial charge in [-0.1, -0.05) is 0 Å². The second-order valence-electron chi connectivity index (χ2n) is 8.34. The Labute approximate surface area is 155 Å². The lowest BCUT2D eigenvalue weighted by Crippen LogP contribution is -2.54. The third-order valence-corrected chi connectivity index (χ3v) is 6.58. The molecule has 1 atom stereocenters. The molecule has 0 bridgehead atoms. The summed E-state index contributed by atoms with van der Waals surface area (Å²) in [4.78, 5) is 25.6. The van der Waals surface area contributed by atoms with Crippen molar-refractivity contribution in [3.05, 3.63) is 23.8 Å². The highest BCUT2D eigenvalue weighted by atomic mass is 16.5. The zero-order valence-corrected chi connectivity index (χ0v) is 16.0. The summed E-state index contributed by atoms with van der Waals surface area (Å²) < 4.78 is 5.95. The molecule has 1 aromatic rings. The Morgan fingerprint density at radius 1 is 1.15 bits per heavy atom. The Kier molecular flexibility index (Phi) is 4.97. The molecule has 1 unspecified atom stereocenters. The number of likely N-dealkylation sites (N-methyl/N-ethyl adjacent to an activating group) is 1. The van der Waals surface area contributed by atoms with Crippen LogP contribution in [0.5, 0.6) is 0 Å². The number of piperidine rings is 1. The molecule has 4 rings (SSSR count). The van der Waals surface area contributed by atoms with Crippen LogP contribution >= 0.6 is 0 Å². The largest absolute Gasteiger partial charge is 0.380 e. The fourth-order valence-electron chi connectivity index (χ4n) is 4.44. The van der Waals surface area contributed by atoms with E-state index in [1.165, 1.54) is 25.7 Å². The van der Waals surface area contributed by atoms with Crippen LogP contribution in [-0.2, 0) is 4.74 Å². The van der Waals surface area contributed by atoms with Gasteiger partial charge in [0.2, 0.25) is 0 Å². The van der Waals surface area contributed by atoms with Gasteiger partial charge < -0.3 is 9.64 Å². The van der Waals surface area contributed by atoms with Gasteiger partial charge in [0.1, 0.15) is 5.69 Å². The van der Waals surface area contributed by atoms with E-state index in [4.69, 9.17) is 4.74 Å². The molecule has 1 amide bonds. The fourth-order valence-corrected chi connectivity index (χ4v) is 4.44. The summed E-state index contributed by atoms with van der Waals surface area (Å²) in [5, 5.41) is 0. The number of aryl methyl sites for hydroxylation is 1. The predicted molar refractivity (Wildman–Crippen MR) is 99.0 cm³/mol. The van der Waals surface area contributed by atoms with Gasteiger partial charge >= 0.3 is 0 Å². The molecular weight excluding hydrogens is 328 g/mol. The first-order chi connectivity index (χ1) is 12.6. The van der Waals surface area contributed by atoms with Crippen LogP contribution in [-0.4, -0.2) is 70.6 Å². The van der Waals surface area contributed by atoms with Gasteiger partial charge in [-0.2, -0.15) is 0 Å². The van der Waals surface area contributed by atoms with Gasteiger partial charge in [-0.05, 0) is 58.4 Å². The molecule has 0 aromatic carbocycles. The molecule has 6 heteroatoms. The zero-order chi connectivity index (χ0) is 18.1. The van der Waals surface area contributed by atoms with Crippen LogP contribution in [0.4, 0.5) is 0 Å². The van der Waals surface area contributed by atoms with E-state index in [9.17, 15) is 4.79 Å². The average Bonchev–Trinajstić information content (AvgIpc) is 3.44. The average molecular weight is 358 g/mol. The van der Waals surface area contributed by atoms with Crippen LogP contribution < -0.4 is 0 Å². The predicted octanol–water partition coefficient (Wildman–Crippen LogP) is 2.28. The van der Waals surface area contributed by atoms with Gasteiger partial charge in [0, 0.05) is 37.5 Å². The molecule has 26 heavy (non-hydrogen) atoms. The summed E-state index contributed by atoms with van der Waals surface area (Å²) >= 11 is 0. The minimum atomic E-state index is 0.0114. The smallest absolute Gasteiger partial charge is 0.274 e. The van der Waals surface area contributed by atoms with Crippen molar-refractivity contribution in [1.82, 2.24) is 19.8 Å². The van der Waals surface area contributed by atoms with E-state index in [1.54, 1.807) is 12.4 Å². The Hall–Kier alpha value is -1.53. The maximum absolute atomic E-state index is 12.7. The van der Waals surface area contributed by atoms with E-state index in [2.05, 4.69) is 21.9 Å². The molecule has 1 spiro atoms. The van der Waals surface area contributed by atoms with Crippen molar-refractivity contribution in [2.24, 2.45) is 5.92 Å². The molecule has 1 saturated carbocycles. The van der Waals surface area contributed by atoms with Crippen LogP contribution in [0.15, 0.2) is 12.4 Å². The first-order valence-corrected chi connectivity index (χ1v) is 9.96. The maximum atomic E-state index is 12.7. The number of ether oxygens (including phenoxy) is 1. The summed E-state index contributed by atoms with van der Waals surface area (Å²) in [5.74, 6) is 0.840. The highest BCUT2D eigenvalue weighted by Crippen LogP contribution is 2.41. The molecule has 142 valence electrons. The van der Waals surface area contributed by atoms with E-state index in [1.807, 2.05) is 11.8 Å². The van der Waals surface area contributed by atoms with Gasteiger partial charge in [-0.3, -0.25) is 14.7 Å². The third kappa shape index (κ3) is 3.62. The lowest BCUT2D eigenvalue weighted by molar-refractivity contribution is 0.0171. The molecule has 3 fully saturated rings.